The zero-order valence-electron chi connectivity index (χ0n) is 12.1. The molecule has 20 heavy (non-hydrogen) atoms. The van der Waals surface area contributed by atoms with Gasteiger partial charge < -0.3 is 5.32 Å². The van der Waals surface area contributed by atoms with E-state index in [0.717, 1.165) is 15.1 Å². The van der Waals surface area contributed by atoms with Crippen molar-refractivity contribution in [3.05, 3.63) is 0 Å². The summed E-state index contributed by atoms with van der Waals surface area (Å²) in [4.78, 5) is 12.3. The minimum atomic E-state index is -0.119. The molecule has 0 bridgehead atoms. The van der Waals surface area contributed by atoms with Crippen molar-refractivity contribution in [3.8, 4) is 0 Å². The highest BCUT2D eigenvalue weighted by Gasteiger charge is 2.25. The van der Waals surface area contributed by atoms with E-state index in [4.69, 9.17) is 0 Å². The van der Waals surface area contributed by atoms with E-state index < -0.39 is 0 Å². The normalized spacial score (nSPS) is 24.4. The first kappa shape index (κ1) is 16.1. The number of hydrogen-bond acceptors (Lipinski definition) is 6. The summed E-state index contributed by atoms with van der Waals surface area (Å²) < 4.78 is 1.81. The van der Waals surface area contributed by atoms with E-state index >= 15 is 0 Å². The van der Waals surface area contributed by atoms with Crippen LogP contribution in [-0.4, -0.2) is 33.7 Å². The molecule has 1 aromatic rings. The molecule has 1 aromatic heterocycles. The monoisotopic (exact) mass is 331 g/mol. The van der Waals surface area contributed by atoms with Crippen molar-refractivity contribution in [1.82, 2.24) is 15.5 Å². The maximum atomic E-state index is 12.3. The molecule has 1 amide bonds. The number of nitrogens with one attached hydrogen (secondary N) is 1. The third-order valence-corrected chi connectivity index (χ3v) is 6.73. The number of thioether (sulfide) groups is 2. The Morgan fingerprint density at radius 2 is 2.05 bits per heavy atom. The van der Waals surface area contributed by atoms with Crippen LogP contribution in [0.1, 0.15) is 39.5 Å². The smallest absolute Gasteiger partial charge is 0.233 e. The highest BCUT2D eigenvalue weighted by atomic mass is 32.2. The van der Waals surface area contributed by atoms with Gasteiger partial charge in [-0.15, -0.1) is 10.2 Å². The van der Waals surface area contributed by atoms with E-state index in [-0.39, 0.29) is 11.2 Å². The molecule has 0 saturated heterocycles. The Morgan fingerprint density at radius 3 is 2.70 bits per heavy atom. The van der Waals surface area contributed by atoms with Gasteiger partial charge in [0.2, 0.25) is 5.91 Å². The van der Waals surface area contributed by atoms with E-state index in [0.29, 0.717) is 12.0 Å². The first-order valence-corrected chi connectivity index (χ1v) is 9.86. The number of amides is 1. The molecule has 1 heterocycles. The molecule has 1 N–H and O–H groups in total. The minimum Gasteiger partial charge on any atom is -0.352 e. The summed E-state index contributed by atoms with van der Waals surface area (Å²) in [5.74, 6) is 0.712. The molecule has 2 rings (SSSR count). The average Bonchev–Trinajstić information content (AvgIpc) is 2.89. The van der Waals surface area contributed by atoms with Crippen molar-refractivity contribution in [3.63, 3.8) is 0 Å². The summed E-state index contributed by atoms with van der Waals surface area (Å²) in [6.45, 7) is 4.17. The number of aromatic nitrogens is 2. The Hall–Kier alpha value is -0.270. The largest absolute Gasteiger partial charge is 0.352 e. The van der Waals surface area contributed by atoms with Crippen LogP contribution in [0.2, 0.25) is 0 Å². The molecule has 3 unspecified atom stereocenters. The predicted octanol–water partition coefficient (Wildman–Crippen LogP) is 3.44. The van der Waals surface area contributed by atoms with E-state index in [1.807, 2.05) is 13.2 Å². The maximum Gasteiger partial charge on any atom is 0.233 e. The first-order chi connectivity index (χ1) is 9.60. The highest BCUT2D eigenvalue weighted by molar-refractivity contribution is 8.03. The van der Waals surface area contributed by atoms with Gasteiger partial charge in [-0.3, -0.25) is 4.79 Å². The van der Waals surface area contributed by atoms with Gasteiger partial charge in [-0.1, -0.05) is 54.6 Å². The zero-order valence-corrected chi connectivity index (χ0v) is 14.5. The van der Waals surface area contributed by atoms with E-state index in [1.54, 1.807) is 23.1 Å². The van der Waals surface area contributed by atoms with Crippen molar-refractivity contribution < 1.29 is 4.79 Å². The molecule has 0 aliphatic heterocycles. The number of carbonyl (C=O) groups is 1. The molecular weight excluding hydrogens is 310 g/mol. The quantitative estimate of drug-likeness (QED) is 0.838. The van der Waals surface area contributed by atoms with E-state index in [1.165, 1.54) is 31.0 Å². The van der Waals surface area contributed by atoms with Crippen molar-refractivity contribution >= 4 is 40.8 Å². The van der Waals surface area contributed by atoms with Gasteiger partial charge in [-0.25, -0.2) is 0 Å². The summed E-state index contributed by atoms with van der Waals surface area (Å²) in [5, 5.41) is 11.2. The minimum absolute atomic E-state index is 0.119. The molecule has 0 spiro atoms. The van der Waals surface area contributed by atoms with Crippen molar-refractivity contribution in [2.45, 2.75) is 59.5 Å². The molecule has 1 saturated carbocycles. The average molecular weight is 332 g/mol. The van der Waals surface area contributed by atoms with Crippen molar-refractivity contribution in [2.75, 3.05) is 6.26 Å². The summed E-state index contributed by atoms with van der Waals surface area (Å²) >= 11 is 4.63. The van der Waals surface area contributed by atoms with Crippen LogP contribution in [0.25, 0.3) is 0 Å². The Kier molecular flexibility index (Phi) is 6.17. The van der Waals surface area contributed by atoms with Crippen LogP contribution in [0.5, 0.6) is 0 Å². The molecule has 1 aliphatic carbocycles. The molecule has 7 heteroatoms. The van der Waals surface area contributed by atoms with Crippen LogP contribution in [0.3, 0.4) is 0 Å². The molecule has 112 valence electrons. The van der Waals surface area contributed by atoms with Gasteiger partial charge in [0.25, 0.3) is 0 Å². The lowest BCUT2D eigenvalue weighted by molar-refractivity contribution is -0.121. The van der Waals surface area contributed by atoms with E-state index in [2.05, 4.69) is 22.4 Å². The SMILES string of the molecule is CSc1nnc(SC(C)C(=O)NC2CCCCC2C)s1. The fourth-order valence-corrected chi connectivity index (χ4v) is 4.95. The second-order valence-electron chi connectivity index (χ2n) is 5.17. The highest BCUT2D eigenvalue weighted by Crippen LogP contribution is 2.30. The Balaban J connectivity index is 1.85. The molecule has 1 fully saturated rings. The summed E-state index contributed by atoms with van der Waals surface area (Å²) in [5.41, 5.74) is 0. The lowest BCUT2D eigenvalue weighted by Crippen LogP contribution is -2.44. The summed E-state index contributed by atoms with van der Waals surface area (Å²) in [6, 6.07) is 0.343. The van der Waals surface area contributed by atoms with Gasteiger partial charge in [0.15, 0.2) is 8.68 Å². The second kappa shape index (κ2) is 7.66. The molecular formula is C13H21N3OS3. The fourth-order valence-electron chi connectivity index (χ4n) is 2.36. The van der Waals surface area contributed by atoms with Crippen LogP contribution in [0, 0.1) is 5.92 Å². The van der Waals surface area contributed by atoms with Gasteiger partial charge in [0.1, 0.15) is 0 Å². The first-order valence-electron chi connectivity index (χ1n) is 6.94. The maximum absolute atomic E-state index is 12.3. The topological polar surface area (TPSA) is 54.9 Å². The van der Waals surface area contributed by atoms with Crippen LogP contribution in [0.4, 0.5) is 0 Å². The van der Waals surface area contributed by atoms with Gasteiger partial charge in [0, 0.05) is 6.04 Å². The van der Waals surface area contributed by atoms with Crippen molar-refractivity contribution in [1.29, 1.82) is 0 Å². The number of hydrogen-bond donors (Lipinski definition) is 1. The number of rotatable bonds is 5. The fraction of sp³-hybridized carbons (Fsp3) is 0.769. The molecule has 1 aliphatic rings. The van der Waals surface area contributed by atoms with Gasteiger partial charge in [0.05, 0.1) is 5.25 Å². The summed E-state index contributed by atoms with van der Waals surface area (Å²) in [7, 11) is 0. The van der Waals surface area contributed by atoms with E-state index in [9.17, 15) is 4.79 Å². The molecule has 0 radical (unpaired) electrons. The molecule has 4 nitrogen and oxygen atoms in total. The lowest BCUT2D eigenvalue weighted by atomic mass is 9.86. The number of nitrogens with zero attached hydrogens (tertiary/aromatic N) is 2. The van der Waals surface area contributed by atoms with Gasteiger partial charge in [-0.05, 0) is 31.9 Å². The zero-order chi connectivity index (χ0) is 14.5. The predicted molar refractivity (Wildman–Crippen MR) is 86.6 cm³/mol. The third kappa shape index (κ3) is 4.36. The summed E-state index contributed by atoms with van der Waals surface area (Å²) in [6.07, 6.45) is 6.83. The molecule has 0 aromatic carbocycles. The van der Waals surface area contributed by atoms with Crippen molar-refractivity contribution in [2.24, 2.45) is 5.92 Å². The van der Waals surface area contributed by atoms with Gasteiger partial charge in [-0.2, -0.15) is 0 Å². The third-order valence-electron chi connectivity index (χ3n) is 3.65. The lowest BCUT2D eigenvalue weighted by Gasteiger charge is -2.30. The Labute approximate surface area is 132 Å². The Bertz CT molecular complexity index is 452. The van der Waals surface area contributed by atoms with Gasteiger partial charge >= 0.3 is 0 Å². The second-order valence-corrected chi connectivity index (χ2v) is 8.79. The Morgan fingerprint density at radius 1 is 1.35 bits per heavy atom. The standard InChI is InChI=1S/C13H21N3OS3/c1-8-6-4-5-7-10(8)14-11(17)9(2)19-13-16-15-12(18-3)20-13/h8-10H,4-7H2,1-3H3,(H,14,17). The number of carbonyl (C=O) groups excluding carboxylic acids is 1. The van der Waals surface area contributed by atoms with Crippen LogP contribution in [-0.2, 0) is 4.79 Å². The van der Waals surface area contributed by atoms with Crippen LogP contribution in [0.15, 0.2) is 8.68 Å². The molecule has 3 atom stereocenters. The van der Waals surface area contributed by atoms with Crippen LogP contribution < -0.4 is 5.32 Å². The van der Waals surface area contributed by atoms with Crippen LogP contribution >= 0.6 is 34.9 Å².